The third-order valence-corrected chi connectivity index (χ3v) is 3.93. The molecule has 1 nitrogen and oxygen atoms in total. The molecule has 0 amide bonds. The maximum absolute atomic E-state index is 2.33. The van der Waals surface area contributed by atoms with Gasteiger partial charge in [0.15, 0.2) is 6.20 Å². The van der Waals surface area contributed by atoms with Crippen LogP contribution in [0.15, 0.2) is 30.5 Å². The third kappa shape index (κ3) is 2.70. The molecule has 1 aromatic heterocycles. The van der Waals surface area contributed by atoms with E-state index < -0.39 is 0 Å². The molecule has 0 N–H and O–H groups in total. The van der Waals surface area contributed by atoms with Crippen LogP contribution >= 0.6 is 0 Å². The molecule has 2 aromatic rings. The fraction of sp³-hybridized carbons (Fsp3) is 0.389. The molecule has 19 heavy (non-hydrogen) atoms. The van der Waals surface area contributed by atoms with Crippen molar-refractivity contribution < 1.29 is 4.57 Å². The number of rotatable bonds is 2. The second kappa shape index (κ2) is 5.16. The first-order valence-electron chi connectivity index (χ1n) is 6.98. The number of benzene rings is 1. The summed E-state index contributed by atoms with van der Waals surface area (Å²) in [5.74, 6) is 0.561. The van der Waals surface area contributed by atoms with Crippen molar-refractivity contribution in [2.75, 3.05) is 0 Å². The van der Waals surface area contributed by atoms with Crippen LogP contribution in [0.5, 0.6) is 0 Å². The Kier molecular flexibility index (Phi) is 3.75. The molecule has 0 fully saturated rings. The van der Waals surface area contributed by atoms with Gasteiger partial charge in [-0.3, -0.25) is 0 Å². The van der Waals surface area contributed by atoms with Gasteiger partial charge in [0.05, 0.1) is 0 Å². The minimum absolute atomic E-state index is 0.561. The van der Waals surface area contributed by atoms with E-state index in [0.717, 1.165) is 0 Å². The van der Waals surface area contributed by atoms with Crippen LogP contribution in [0.1, 0.15) is 42.0 Å². The second-order valence-electron chi connectivity index (χ2n) is 5.87. The zero-order valence-corrected chi connectivity index (χ0v) is 12.9. The zero-order valence-electron chi connectivity index (χ0n) is 12.9. The molecule has 0 aliphatic rings. The molecule has 0 saturated carbocycles. The number of aryl methyl sites for hydroxylation is 3. The first-order chi connectivity index (χ1) is 8.90. The molecule has 100 valence electrons. The first kappa shape index (κ1) is 13.8. The Morgan fingerprint density at radius 2 is 1.68 bits per heavy atom. The highest BCUT2D eigenvalue weighted by atomic mass is 14.9. The summed E-state index contributed by atoms with van der Waals surface area (Å²) in [6, 6.07) is 9.09. The maximum atomic E-state index is 2.33. The van der Waals surface area contributed by atoms with Crippen LogP contribution in [0.3, 0.4) is 0 Å². The molecule has 0 bridgehead atoms. The number of nitrogens with zero attached hydrogens (tertiary/aromatic N) is 1. The highest BCUT2D eigenvalue weighted by Gasteiger charge is 2.15. The predicted octanol–water partition coefficient (Wildman–Crippen LogP) is 4.23. The van der Waals surface area contributed by atoms with Crippen molar-refractivity contribution in [3.63, 3.8) is 0 Å². The Bertz CT molecular complexity index is 609. The number of hydrogen-bond acceptors (Lipinski definition) is 0. The smallest absolute Gasteiger partial charge is 0.201 e. The molecule has 1 heteroatoms. The van der Waals surface area contributed by atoms with E-state index in [1.807, 2.05) is 0 Å². The first-order valence-corrected chi connectivity index (χ1v) is 6.98. The van der Waals surface area contributed by atoms with E-state index in [1.54, 1.807) is 0 Å². The largest absolute Gasteiger partial charge is 0.212 e. The summed E-state index contributed by atoms with van der Waals surface area (Å²) >= 11 is 0. The summed E-state index contributed by atoms with van der Waals surface area (Å²) in [6.45, 7) is 11.1. The Hall–Kier alpha value is -1.63. The van der Waals surface area contributed by atoms with E-state index in [2.05, 4.69) is 76.7 Å². The summed E-state index contributed by atoms with van der Waals surface area (Å²) in [5, 5.41) is 0. The monoisotopic (exact) mass is 254 g/mol. The van der Waals surface area contributed by atoms with Gasteiger partial charge in [0, 0.05) is 17.7 Å². The second-order valence-corrected chi connectivity index (χ2v) is 5.87. The topological polar surface area (TPSA) is 3.88 Å². The quantitative estimate of drug-likeness (QED) is 0.706. The molecular weight excluding hydrogens is 230 g/mol. The lowest BCUT2D eigenvalue weighted by Crippen LogP contribution is -2.31. The van der Waals surface area contributed by atoms with Crippen molar-refractivity contribution in [2.45, 2.75) is 40.5 Å². The number of pyridine rings is 1. The Balaban J connectivity index is 2.68. The van der Waals surface area contributed by atoms with Gasteiger partial charge in [-0.25, -0.2) is 4.57 Å². The van der Waals surface area contributed by atoms with Crippen molar-refractivity contribution in [2.24, 2.45) is 7.05 Å². The van der Waals surface area contributed by atoms with Gasteiger partial charge in [0.2, 0.25) is 5.69 Å². The van der Waals surface area contributed by atoms with Crippen LogP contribution in [0, 0.1) is 20.8 Å². The van der Waals surface area contributed by atoms with Crippen LogP contribution in [-0.4, -0.2) is 0 Å². The molecular formula is C18H24N+. The highest BCUT2D eigenvalue weighted by Crippen LogP contribution is 2.26. The van der Waals surface area contributed by atoms with Gasteiger partial charge in [0.1, 0.15) is 7.05 Å². The average molecular weight is 254 g/mol. The normalized spacial score (nSPS) is 11.1. The molecule has 1 aromatic carbocycles. The zero-order chi connectivity index (χ0) is 14.2. The van der Waals surface area contributed by atoms with Crippen LogP contribution in [0.2, 0.25) is 0 Å². The van der Waals surface area contributed by atoms with Gasteiger partial charge in [-0.2, -0.15) is 0 Å². The highest BCUT2D eigenvalue weighted by molar-refractivity contribution is 5.64. The van der Waals surface area contributed by atoms with Gasteiger partial charge in [-0.15, -0.1) is 0 Å². The van der Waals surface area contributed by atoms with Gasteiger partial charge >= 0.3 is 0 Å². The van der Waals surface area contributed by atoms with E-state index in [9.17, 15) is 0 Å². The SMILES string of the molecule is Cc1cc(C)c(C)c(-c2cc(C(C)C)cc[n+]2C)c1. The molecule has 0 radical (unpaired) electrons. The summed E-state index contributed by atoms with van der Waals surface area (Å²) in [6.07, 6.45) is 2.17. The van der Waals surface area contributed by atoms with Crippen LogP contribution in [-0.2, 0) is 7.05 Å². The maximum Gasteiger partial charge on any atom is 0.212 e. The standard InChI is InChI=1S/C18H24N/c1-12(2)16-7-8-19(6)18(11-16)17-10-13(3)9-14(4)15(17)5/h7-12H,1-6H3/q+1. The van der Waals surface area contributed by atoms with Gasteiger partial charge in [-0.05, 0) is 49.4 Å². The third-order valence-electron chi connectivity index (χ3n) is 3.93. The minimum atomic E-state index is 0.561. The lowest BCUT2D eigenvalue weighted by Gasteiger charge is -2.11. The molecule has 1 heterocycles. The van der Waals surface area contributed by atoms with Crippen molar-refractivity contribution in [1.29, 1.82) is 0 Å². The lowest BCUT2D eigenvalue weighted by molar-refractivity contribution is -0.660. The Morgan fingerprint density at radius 1 is 1.00 bits per heavy atom. The van der Waals surface area contributed by atoms with Crippen molar-refractivity contribution in [3.8, 4) is 11.3 Å². The summed E-state index contributed by atoms with van der Waals surface area (Å²) < 4.78 is 2.22. The van der Waals surface area contributed by atoms with Crippen LogP contribution in [0.25, 0.3) is 11.3 Å². The molecule has 0 aliphatic heterocycles. The molecule has 0 unspecified atom stereocenters. The van der Waals surface area contributed by atoms with Crippen molar-refractivity contribution in [1.82, 2.24) is 0 Å². The van der Waals surface area contributed by atoms with Gasteiger partial charge < -0.3 is 0 Å². The average Bonchev–Trinajstić information content (AvgIpc) is 2.34. The van der Waals surface area contributed by atoms with Gasteiger partial charge in [-0.1, -0.05) is 25.5 Å². The fourth-order valence-electron chi connectivity index (χ4n) is 2.52. The minimum Gasteiger partial charge on any atom is -0.201 e. The van der Waals surface area contributed by atoms with E-state index in [4.69, 9.17) is 0 Å². The number of hydrogen-bond donors (Lipinski definition) is 0. The molecule has 0 atom stereocenters. The van der Waals surface area contributed by atoms with Crippen LogP contribution in [0.4, 0.5) is 0 Å². The molecule has 2 rings (SSSR count). The summed E-state index contributed by atoms with van der Waals surface area (Å²) in [5.41, 5.74) is 8.12. The lowest BCUT2D eigenvalue weighted by atomic mass is 9.95. The Morgan fingerprint density at radius 3 is 2.32 bits per heavy atom. The van der Waals surface area contributed by atoms with E-state index >= 15 is 0 Å². The van der Waals surface area contributed by atoms with E-state index in [1.165, 1.54) is 33.5 Å². The predicted molar refractivity (Wildman–Crippen MR) is 81.4 cm³/mol. The summed E-state index contributed by atoms with van der Waals surface area (Å²) in [4.78, 5) is 0. The van der Waals surface area contributed by atoms with Gasteiger partial charge in [0.25, 0.3) is 0 Å². The molecule has 0 aliphatic carbocycles. The van der Waals surface area contributed by atoms with Crippen molar-refractivity contribution >= 4 is 0 Å². The molecule has 0 saturated heterocycles. The fourth-order valence-corrected chi connectivity index (χ4v) is 2.52. The van der Waals surface area contributed by atoms with E-state index in [-0.39, 0.29) is 0 Å². The van der Waals surface area contributed by atoms with E-state index in [0.29, 0.717) is 5.92 Å². The van der Waals surface area contributed by atoms with Crippen molar-refractivity contribution in [3.05, 3.63) is 52.7 Å². The summed E-state index contributed by atoms with van der Waals surface area (Å²) in [7, 11) is 2.12. The van der Waals surface area contributed by atoms with Crippen LogP contribution < -0.4 is 4.57 Å². The Labute approximate surface area is 116 Å². The number of aromatic nitrogens is 1. The molecule has 0 spiro atoms.